The molecule has 0 aliphatic carbocycles. The number of carbonyl (C=O) groups excluding carboxylic acids is 1. The van der Waals surface area contributed by atoms with Crippen LogP contribution in [-0.2, 0) is 21.9 Å². The van der Waals surface area contributed by atoms with Gasteiger partial charge >= 0.3 is 0 Å². The van der Waals surface area contributed by atoms with E-state index in [0.29, 0.717) is 38.2 Å². The third kappa shape index (κ3) is 3.89. The zero-order chi connectivity index (χ0) is 20.6. The van der Waals surface area contributed by atoms with Gasteiger partial charge in [-0.15, -0.1) is 0 Å². The number of aryl methyl sites for hydroxylation is 2. The molecule has 4 rings (SSSR count). The molecule has 2 aliphatic rings. The van der Waals surface area contributed by atoms with Crippen LogP contribution in [0.5, 0.6) is 5.75 Å². The van der Waals surface area contributed by atoms with E-state index in [1.165, 1.54) is 15.2 Å². The van der Waals surface area contributed by atoms with Crippen LogP contribution in [-0.4, -0.2) is 48.1 Å². The Labute approximate surface area is 170 Å². The maximum absolute atomic E-state index is 12.9. The zero-order valence-electron chi connectivity index (χ0n) is 16.7. The Morgan fingerprint density at radius 3 is 2.62 bits per heavy atom. The predicted octanol–water partition coefficient (Wildman–Crippen LogP) is 1.77. The molecule has 1 saturated heterocycles. The van der Waals surface area contributed by atoms with Crippen molar-refractivity contribution in [3.05, 3.63) is 41.7 Å². The van der Waals surface area contributed by atoms with Crippen molar-refractivity contribution in [2.75, 3.05) is 19.7 Å². The summed E-state index contributed by atoms with van der Waals surface area (Å²) >= 11 is 0. The van der Waals surface area contributed by atoms with Gasteiger partial charge < -0.3 is 10.1 Å². The Kier molecular flexibility index (Phi) is 5.35. The number of fused-ring (bicyclic) bond motifs is 1. The van der Waals surface area contributed by atoms with Crippen molar-refractivity contribution < 1.29 is 17.9 Å². The molecule has 2 aliphatic heterocycles. The summed E-state index contributed by atoms with van der Waals surface area (Å²) in [5.74, 6) is 0.615. The molecule has 2 aromatic rings. The normalized spacial score (nSPS) is 20.7. The van der Waals surface area contributed by atoms with E-state index < -0.39 is 10.0 Å². The molecule has 0 radical (unpaired) electrons. The fraction of sp³-hybridized carbons (Fsp3) is 0.500. The number of piperidine rings is 1. The molecule has 1 aromatic heterocycles. The summed E-state index contributed by atoms with van der Waals surface area (Å²) in [6.07, 6.45) is 3.28. The van der Waals surface area contributed by atoms with Crippen molar-refractivity contribution in [3.8, 4) is 5.75 Å². The quantitative estimate of drug-likeness (QED) is 0.817. The van der Waals surface area contributed by atoms with Crippen LogP contribution in [0, 0.1) is 12.8 Å². The smallest absolute Gasteiger partial charge is 0.246 e. The number of hydrogen-bond acceptors (Lipinski definition) is 5. The van der Waals surface area contributed by atoms with Gasteiger partial charge in [0.25, 0.3) is 0 Å². The molecular weight excluding hydrogens is 392 g/mol. The Morgan fingerprint density at radius 2 is 1.93 bits per heavy atom. The number of hydrogen-bond donors (Lipinski definition) is 1. The van der Waals surface area contributed by atoms with Gasteiger partial charge in [-0.05, 0) is 25.8 Å². The topological polar surface area (TPSA) is 93.5 Å². The largest absolute Gasteiger partial charge is 0.493 e. The molecule has 9 heteroatoms. The number of nitrogens with one attached hydrogen (secondary N) is 1. The van der Waals surface area contributed by atoms with Crippen LogP contribution in [0.3, 0.4) is 0 Å². The van der Waals surface area contributed by atoms with Crippen LogP contribution < -0.4 is 10.1 Å². The minimum atomic E-state index is -3.59. The average molecular weight is 419 g/mol. The number of aromatic nitrogens is 2. The Balaban J connectivity index is 1.39. The first-order valence-corrected chi connectivity index (χ1v) is 11.3. The van der Waals surface area contributed by atoms with Gasteiger partial charge in [0.15, 0.2) is 0 Å². The van der Waals surface area contributed by atoms with Gasteiger partial charge in [-0.1, -0.05) is 18.2 Å². The number of para-hydroxylation sites is 1. The Morgan fingerprint density at radius 1 is 1.21 bits per heavy atom. The van der Waals surface area contributed by atoms with Crippen LogP contribution in [0.1, 0.15) is 36.6 Å². The number of nitrogens with zero attached hydrogens (tertiary/aromatic N) is 3. The van der Waals surface area contributed by atoms with E-state index in [1.807, 2.05) is 24.3 Å². The highest BCUT2D eigenvalue weighted by atomic mass is 32.2. The first kappa shape index (κ1) is 19.9. The summed E-state index contributed by atoms with van der Waals surface area (Å²) in [7, 11) is -1.88. The molecule has 0 bridgehead atoms. The predicted molar refractivity (Wildman–Crippen MR) is 107 cm³/mol. The molecule has 1 atom stereocenters. The van der Waals surface area contributed by atoms with Crippen LogP contribution in [0.15, 0.2) is 35.4 Å². The summed E-state index contributed by atoms with van der Waals surface area (Å²) < 4.78 is 34.4. The number of carbonyl (C=O) groups is 1. The van der Waals surface area contributed by atoms with Crippen LogP contribution in [0.2, 0.25) is 0 Å². The number of benzene rings is 1. The molecule has 29 heavy (non-hydrogen) atoms. The standard InChI is InChI=1S/C20H26N4O4S/c1-14-19(13-23(2)22-14)29(26,27)24-10-7-15(8-11-24)20(25)21-17-9-12-28-18-6-4-3-5-16(17)18/h3-6,13,15,17H,7-12H2,1-2H3,(H,21,25). The van der Waals surface area contributed by atoms with Gasteiger partial charge in [0, 0.05) is 44.2 Å². The van der Waals surface area contributed by atoms with Gasteiger partial charge in [-0.3, -0.25) is 9.48 Å². The second-order valence-corrected chi connectivity index (χ2v) is 9.57. The maximum Gasteiger partial charge on any atom is 0.246 e. The maximum atomic E-state index is 12.9. The van der Waals surface area contributed by atoms with Crippen molar-refractivity contribution in [1.82, 2.24) is 19.4 Å². The van der Waals surface area contributed by atoms with Gasteiger partial charge in [-0.2, -0.15) is 9.40 Å². The SMILES string of the molecule is Cc1nn(C)cc1S(=O)(=O)N1CCC(C(=O)NC2CCOc3ccccc32)CC1. The minimum absolute atomic E-state index is 0.0127. The summed E-state index contributed by atoms with van der Waals surface area (Å²) in [6, 6.07) is 7.69. The summed E-state index contributed by atoms with van der Waals surface area (Å²) in [6.45, 7) is 2.93. The lowest BCUT2D eigenvalue weighted by Gasteiger charge is -2.32. The molecule has 1 N–H and O–H groups in total. The number of ether oxygens (including phenoxy) is 1. The van der Waals surface area contributed by atoms with Crippen molar-refractivity contribution >= 4 is 15.9 Å². The Hall–Kier alpha value is -2.39. The highest BCUT2D eigenvalue weighted by Crippen LogP contribution is 2.32. The third-order valence-electron chi connectivity index (χ3n) is 5.69. The van der Waals surface area contributed by atoms with E-state index in [0.717, 1.165) is 17.7 Å². The number of sulfonamides is 1. The first-order valence-electron chi connectivity index (χ1n) is 9.89. The lowest BCUT2D eigenvalue weighted by Crippen LogP contribution is -2.44. The van der Waals surface area contributed by atoms with Crippen LogP contribution in [0.4, 0.5) is 0 Å². The van der Waals surface area contributed by atoms with E-state index in [4.69, 9.17) is 4.74 Å². The second kappa shape index (κ2) is 7.79. The molecule has 1 fully saturated rings. The molecule has 1 unspecified atom stereocenters. The average Bonchev–Trinajstić information content (AvgIpc) is 3.07. The lowest BCUT2D eigenvalue weighted by molar-refractivity contribution is -0.127. The van der Waals surface area contributed by atoms with E-state index in [9.17, 15) is 13.2 Å². The summed E-state index contributed by atoms with van der Waals surface area (Å²) in [5.41, 5.74) is 1.49. The van der Waals surface area contributed by atoms with Crippen LogP contribution >= 0.6 is 0 Å². The van der Waals surface area contributed by atoms with Gasteiger partial charge in [0.1, 0.15) is 10.6 Å². The molecule has 156 valence electrons. The second-order valence-electron chi connectivity index (χ2n) is 7.67. The van der Waals surface area contributed by atoms with Crippen molar-refractivity contribution in [2.24, 2.45) is 13.0 Å². The van der Waals surface area contributed by atoms with Crippen molar-refractivity contribution in [1.29, 1.82) is 0 Å². The third-order valence-corrected chi connectivity index (χ3v) is 7.69. The van der Waals surface area contributed by atoms with Crippen molar-refractivity contribution in [2.45, 2.75) is 37.1 Å². The fourth-order valence-corrected chi connectivity index (χ4v) is 5.78. The van der Waals surface area contributed by atoms with E-state index in [1.54, 1.807) is 14.0 Å². The van der Waals surface area contributed by atoms with Crippen molar-refractivity contribution in [3.63, 3.8) is 0 Å². The van der Waals surface area contributed by atoms with E-state index in [-0.39, 0.29) is 22.8 Å². The molecule has 0 saturated carbocycles. The minimum Gasteiger partial charge on any atom is -0.493 e. The molecular formula is C20H26N4O4S. The molecule has 1 amide bonds. The molecule has 8 nitrogen and oxygen atoms in total. The fourth-order valence-electron chi connectivity index (χ4n) is 4.11. The van der Waals surface area contributed by atoms with Gasteiger partial charge in [0.05, 0.1) is 18.3 Å². The molecule has 0 spiro atoms. The monoisotopic (exact) mass is 418 g/mol. The highest BCUT2D eigenvalue weighted by molar-refractivity contribution is 7.89. The number of amides is 1. The number of rotatable bonds is 4. The van der Waals surface area contributed by atoms with E-state index in [2.05, 4.69) is 10.4 Å². The molecule has 3 heterocycles. The molecule has 1 aromatic carbocycles. The lowest BCUT2D eigenvalue weighted by atomic mass is 9.95. The Bertz CT molecular complexity index is 1010. The van der Waals surface area contributed by atoms with Gasteiger partial charge in [-0.25, -0.2) is 8.42 Å². The highest BCUT2D eigenvalue weighted by Gasteiger charge is 2.34. The van der Waals surface area contributed by atoms with E-state index >= 15 is 0 Å². The van der Waals surface area contributed by atoms with Gasteiger partial charge in [0.2, 0.25) is 15.9 Å². The summed E-state index contributed by atoms with van der Waals surface area (Å²) in [4.78, 5) is 13.1. The first-order chi connectivity index (χ1) is 13.9. The zero-order valence-corrected chi connectivity index (χ0v) is 17.5. The summed E-state index contributed by atoms with van der Waals surface area (Å²) in [5, 5.41) is 7.28. The van der Waals surface area contributed by atoms with Crippen LogP contribution in [0.25, 0.3) is 0 Å².